The number of benzene rings is 1. The Morgan fingerprint density at radius 2 is 1.10 bits per heavy atom. The van der Waals surface area contributed by atoms with E-state index in [0.29, 0.717) is 85.0 Å². The van der Waals surface area contributed by atoms with Crippen LogP contribution < -0.4 is 15.8 Å². The second-order valence-electron chi connectivity index (χ2n) is 8.26. The quantitative estimate of drug-likeness (QED) is 0.143. The number of carbonyl (C=O) groups is 2. The first-order chi connectivity index (χ1) is 19.1. The zero-order valence-electron chi connectivity index (χ0n) is 23.2. The molecule has 0 unspecified atom stereocenters. The third-order valence-corrected chi connectivity index (χ3v) is 4.89. The molecule has 12 heteroatoms. The molecule has 0 aromatic heterocycles. The fourth-order valence-electron chi connectivity index (χ4n) is 2.86. The van der Waals surface area contributed by atoms with Crippen LogP contribution in [-0.2, 0) is 49.3 Å². The van der Waals surface area contributed by atoms with Gasteiger partial charge >= 0.3 is 0 Å². The van der Waals surface area contributed by atoms with Crippen molar-refractivity contribution in [2.45, 2.75) is 26.3 Å². The van der Waals surface area contributed by atoms with Crippen LogP contribution in [0.1, 0.15) is 25.3 Å². The second-order valence-corrected chi connectivity index (χ2v) is 8.26. The largest absolute Gasteiger partial charge is 0.491 e. The van der Waals surface area contributed by atoms with Gasteiger partial charge in [-0.25, -0.2) is 0 Å². The molecule has 0 aliphatic rings. The second kappa shape index (κ2) is 25.9. The van der Waals surface area contributed by atoms with Crippen LogP contribution in [-0.4, -0.2) is 111 Å². The molecule has 0 bridgehead atoms. The molecule has 0 saturated carbocycles. The minimum atomic E-state index is -0.517. The molecule has 0 radical (unpaired) electrons. The first-order valence-corrected chi connectivity index (χ1v) is 13.4. The summed E-state index contributed by atoms with van der Waals surface area (Å²) in [4.78, 5) is 22.5. The van der Waals surface area contributed by atoms with Gasteiger partial charge in [0.05, 0.1) is 72.7 Å². The van der Waals surface area contributed by atoms with E-state index in [9.17, 15) is 9.59 Å². The molecule has 0 spiro atoms. The zero-order valence-corrected chi connectivity index (χ0v) is 23.2. The highest BCUT2D eigenvalue weighted by Gasteiger charge is 2.03. The molecule has 3 N–H and O–H groups in total. The van der Waals surface area contributed by atoms with Gasteiger partial charge in [0.15, 0.2) is 0 Å². The molecular formula is C27H46N2O10. The minimum absolute atomic E-state index is 0.0424. The molecule has 39 heavy (non-hydrogen) atoms. The third-order valence-electron chi connectivity index (χ3n) is 4.89. The lowest BCUT2D eigenvalue weighted by atomic mass is 10.2. The average molecular weight is 559 g/mol. The van der Waals surface area contributed by atoms with Crippen molar-refractivity contribution < 1.29 is 47.5 Å². The summed E-state index contributed by atoms with van der Waals surface area (Å²) in [5.74, 6) is -0.0669. The Bertz CT molecular complexity index is 721. The molecular weight excluding hydrogens is 512 g/mol. The first kappa shape index (κ1) is 34.7. The van der Waals surface area contributed by atoms with Crippen LogP contribution in [0.15, 0.2) is 24.3 Å². The highest BCUT2D eigenvalue weighted by atomic mass is 16.6. The Labute approximate surface area is 231 Å². The van der Waals surface area contributed by atoms with Crippen molar-refractivity contribution >= 4 is 11.8 Å². The van der Waals surface area contributed by atoms with Gasteiger partial charge in [-0.05, 0) is 24.1 Å². The number of nitrogens with one attached hydrogen (secondary N) is 1. The van der Waals surface area contributed by atoms with E-state index in [1.54, 1.807) is 12.1 Å². The maximum absolute atomic E-state index is 11.9. The van der Waals surface area contributed by atoms with Crippen LogP contribution in [0.25, 0.3) is 0 Å². The molecule has 0 aliphatic heterocycles. The van der Waals surface area contributed by atoms with Crippen LogP contribution in [0, 0.1) is 0 Å². The van der Waals surface area contributed by atoms with E-state index < -0.39 is 5.91 Å². The fourth-order valence-corrected chi connectivity index (χ4v) is 2.86. The van der Waals surface area contributed by atoms with Crippen LogP contribution in [0.5, 0.6) is 5.75 Å². The molecule has 224 valence electrons. The predicted molar refractivity (Wildman–Crippen MR) is 144 cm³/mol. The Hall–Kier alpha value is -2.32. The fraction of sp³-hybridized carbons (Fsp3) is 0.704. The van der Waals surface area contributed by atoms with Gasteiger partial charge in [-0.2, -0.15) is 0 Å². The summed E-state index contributed by atoms with van der Waals surface area (Å²) in [6.07, 6.45) is 2.22. The Kier molecular flexibility index (Phi) is 23.1. The topological polar surface area (TPSA) is 146 Å². The van der Waals surface area contributed by atoms with E-state index in [1.807, 2.05) is 12.1 Å². The van der Waals surface area contributed by atoms with Gasteiger partial charge in [-0.3, -0.25) is 9.59 Å². The summed E-state index contributed by atoms with van der Waals surface area (Å²) in [5.41, 5.74) is 5.91. The molecule has 1 aromatic rings. The molecule has 0 saturated heterocycles. The van der Waals surface area contributed by atoms with E-state index in [1.165, 1.54) is 0 Å². The van der Waals surface area contributed by atoms with Crippen molar-refractivity contribution in [3.05, 3.63) is 29.8 Å². The smallest absolute Gasteiger partial charge is 0.246 e. The van der Waals surface area contributed by atoms with Gasteiger partial charge in [0, 0.05) is 13.2 Å². The van der Waals surface area contributed by atoms with Crippen molar-refractivity contribution in [2.75, 3.05) is 99.1 Å². The first-order valence-electron chi connectivity index (χ1n) is 13.4. The van der Waals surface area contributed by atoms with Crippen LogP contribution >= 0.6 is 0 Å². The molecule has 2 amide bonds. The lowest BCUT2D eigenvalue weighted by Crippen LogP contribution is -2.27. The lowest BCUT2D eigenvalue weighted by Gasteiger charge is -2.09. The van der Waals surface area contributed by atoms with Gasteiger partial charge in [0.2, 0.25) is 11.8 Å². The number of carbonyl (C=O) groups excluding carboxylic acids is 2. The average Bonchev–Trinajstić information content (AvgIpc) is 2.93. The Balaban J connectivity index is 1.84. The van der Waals surface area contributed by atoms with Gasteiger partial charge in [0.1, 0.15) is 25.6 Å². The van der Waals surface area contributed by atoms with Crippen LogP contribution in [0.4, 0.5) is 0 Å². The van der Waals surface area contributed by atoms with Crippen molar-refractivity contribution in [1.82, 2.24) is 5.32 Å². The van der Waals surface area contributed by atoms with Crippen molar-refractivity contribution in [3.63, 3.8) is 0 Å². The number of primary amides is 1. The number of unbranched alkanes of at least 4 members (excludes halogenated alkanes) is 1. The molecule has 0 aliphatic carbocycles. The van der Waals surface area contributed by atoms with Gasteiger partial charge < -0.3 is 48.9 Å². The summed E-state index contributed by atoms with van der Waals surface area (Å²) >= 11 is 0. The molecule has 0 atom stereocenters. The minimum Gasteiger partial charge on any atom is -0.491 e. The van der Waals surface area contributed by atoms with Crippen LogP contribution in [0.2, 0.25) is 0 Å². The monoisotopic (exact) mass is 558 g/mol. The summed E-state index contributed by atoms with van der Waals surface area (Å²) in [6, 6.07) is 7.29. The standard InChI is InChI=1S/C27H46N2O10/c1-2-3-8-32-9-10-33-11-12-34-13-14-35-15-16-36-17-18-38-23-27(31)29-21-24-4-6-25(7-5-24)39-20-19-37-22-26(28)30/h4-7H,2-3,8-23H2,1H3,(H2,28,30)(H,29,31). The van der Waals surface area contributed by atoms with Crippen molar-refractivity contribution in [3.8, 4) is 5.75 Å². The lowest BCUT2D eigenvalue weighted by molar-refractivity contribution is -0.126. The van der Waals surface area contributed by atoms with E-state index in [-0.39, 0.29) is 25.7 Å². The number of nitrogens with two attached hydrogens (primary N) is 1. The van der Waals surface area contributed by atoms with E-state index in [0.717, 1.165) is 25.0 Å². The highest BCUT2D eigenvalue weighted by Crippen LogP contribution is 2.12. The maximum atomic E-state index is 11.9. The predicted octanol–water partition coefficient (Wildman–Crippen LogP) is 1.08. The number of hydrogen-bond acceptors (Lipinski definition) is 10. The highest BCUT2D eigenvalue weighted by molar-refractivity contribution is 5.77. The molecule has 12 nitrogen and oxygen atoms in total. The molecule has 1 aromatic carbocycles. The maximum Gasteiger partial charge on any atom is 0.246 e. The number of amides is 2. The Morgan fingerprint density at radius 3 is 1.62 bits per heavy atom. The molecule has 0 fully saturated rings. The Morgan fingerprint density at radius 1 is 0.641 bits per heavy atom. The van der Waals surface area contributed by atoms with Gasteiger partial charge in [-0.1, -0.05) is 25.5 Å². The summed E-state index contributed by atoms with van der Waals surface area (Å²) in [5, 5.41) is 2.79. The number of ether oxygens (including phenoxy) is 8. The molecule has 0 heterocycles. The van der Waals surface area contributed by atoms with E-state index in [4.69, 9.17) is 43.6 Å². The van der Waals surface area contributed by atoms with E-state index >= 15 is 0 Å². The number of hydrogen-bond donors (Lipinski definition) is 2. The third kappa shape index (κ3) is 23.3. The number of rotatable bonds is 28. The van der Waals surface area contributed by atoms with Crippen molar-refractivity contribution in [1.29, 1.82) is 0 Å². The SMILES string of the molecule is CCCCOCCOCCOCCOCCOCCOCC(=O)NCc1ccc(OCCOCC(N)=O)cc1. The van der Waals surface area contributed by atoms with Gasteiger partial charge in [0.25, 0.3) is 0 Å². The van der Waals surface area contributed by atoms with Crippen molar-refractivity contribution in [2.24, 2.45) is 5.73 Å². The molecule has 1 rings (SSSR count). The summed E-state index contributed by atoms with van der Waals surface area (Å²) in [6.45, 7) is 8.56. The zero-order chi connectivity index (χ0) is 28.2. The normalized spacial score (nSPS) is 11.0. The van der Waals surface area contributed by atoms with E-state index in [2.05, 4.69) is 12.2 Å². The summed E-state index contributed by atoms with van der Waals surface area (Å²) < 4.78 is 43.0. The van der Waals surface area contributed by atoms with Gasteiger partial charge in [-0.15, -0.1) is 0 Å². The van der Waals surface area contributed by atoms with Crippen LogP contribution in [0.3, 0.4) is 0 Å². The summed E-state index contributed by atoms with van der Waals surface area (Å²) in [7, 11) is 0.